The number of rotatable bonds is 5. The molecule has 2 aromatic rings. The number of thioether (sulfide) groups is 1. The topological polar surface area (TPSA) is 49.4 Å². The van der Waals surface area contributed by atoms with Crippen molar-refractivity contribution >= 4 is 35.0 Å². The van der Waals surface area contributed by atoms with Gasteiger partial charge in [0.2, 0.25) is 11.8 Å². The molecule has 2 aromatic carbocycles. The summed E-state index contributed by atoms with van der Waals surface area (Å²) in [5.74, 6) is 0.832. The smallest absolute Gasteiger partial charge is 0.238 e. The van der Waals surface area contributed by atoms with E-state index in [4.69, 9.17) is 0 Å². The number of carbonyl (C=O) groups is 2. The number of hydrogen-bond donors (Lipinski definition) is 1. The van der Waals surface area contributed by atoms with Gasteiger partial charge in [-0.3, -0.25) is 14.5 Å². The highest BCUT2D eigenvalue weighted by molar-refractivity contribution is 8.00. The SMILES string of the molecule is CCC(=O)Nc1ccccc1C1SCC(=O)N1c1ccccc1C(C)C. The summed E-state index contributed by atoms with van der Waals surface area (Å²) < 4.78 is 0. The molecule has 0 aromatic heterocycles. The van der Waals surface area contributed by atoms with Crippen LogP contribution in [0.1, 0.15) is 49.6 Å². The molecule has 1 N–H and O–H groups in total. The molecule has 5 heteroatoms. The minimum Gasteiger partial charge on any atom is -0.326 e. The first-order valence-electron chi connectivity index (χ1n) is 8.94. The Balaban J connectivity index is 2.04. The Hall–Kier alpha value is -2.27. The highest BCUT2D eigenvalue weighted by Gasteiger charge is 2.36. The molecular formula is C21H24N2O2S. The molecule has 0 bridgehead atoms. The molecule has 0 radical (unpaired) electrons. The third-order valence-corrected chi connectivity index (χ3v) is 5.70. The molecule has 26 heavy (non-hydrogen) atoms. The van der Waals surface area contributed by atoms with Crippen LogP contribution in [0.5, 0.6) is 0 Å². The maximum absolute atomic E-state index is 12.7. The van der Waals surface area contributed by atoms with Crippen LogP contribution in [0, 0.1) is 0 Å². The Bertz CT molecular complexity index is 819. The van der Waals surface area contributed by atoms with Gasteiger partial charge in [-0.15, -0.1) is 11.8 Å². The predicted octanol–water partition coefficient (Wildman–Crippen LogP) is 4.94. The van der Waals surface area contributed by atoms with Gasteiger partial charge in [-0.1, -0.05) is 57.2 Å². The molecule has 4 nitrogen and oxygen atoms in total. The fourth-order valence-corrected chi connectivity index (χ4v) is 4.38. The van der Waals surface area contributed by atoms with E-state index < -0.39 is 0 Å². The fraction of sp³-hybridized carbons (Fsp3) is 0.333. The van der Waals surface area contributed by atoms with Crippen molar-refractivity contribution in [3.63, 3.8) is 0 Å². The highest BCUT2D eigenvalue weighted by atomic mass is 32.2. The third-order valence-electron chi connectivity index (χ3n) is 4.51. The van der Waals surface area contributed by atoms with Crippen molar-refractivity contribution in [2.24, 2.45) is 0 Å². The molecule has 0 saturated carbocycles. The Kier molecular flexibility index (Phi) is 5.67. The van der Waals surface area contributed by atoms with Crippen LogP contribution < -0.4 is 10.2 Å². The number of hydrogen-bond acceptors (Lipinski definition) is 3. The van der Waals surface area contributed by atoms with E-state index in [1.165, 1.54) is 0 Å². The second-order valence-corrected chi connectivity index (χ2v) is 7.70. The summed E-state index contributed by atoms with van der Waals surface area (Å²) in [6.45, 7) is 6.10. The van der Waals surface area contributed by atoms with Crippen LogP contribution in [0.2, 0.25) is 0 Å². The van der Waals surface area contributed by atoms with Gasteiger partial charge in [0.15, 0.2) is 0 Å². The molecule has 1 unspecified atom stereocenters. The number of carbonyl (C=O) groups excluding carboxylic acids is 2. The minimum absolute atomic E-state index is 0.0269. The first kappa shape index (κ1) is 18.5. The van der Waals surface area contributed by atoms with Gasteiger partial charge in [0.1, 0.15) is 5.37 Å². The minimum atomic E-state index is -0.143. The number of nitrogens with zero attached hydrogens (tertiary/aromatic N) is 1. The molecule has 136 valence electrons. The molecule has 2 amide bonds. The van der Waals surface area contributed by atoms with E-state index in [1.807, 2.05) is 54.3 Å². The average Bonchev–Trinajstić information content (AvgIpc) is 3.03. The monoisotopic (exact) mass is 368 g/mol. The van der Waals surface area contributed by atoms with Crippen molar-refractivity contribution in [3.8, 4) is 0 Å². The predicted molar refractivity (Wildman–Crippen MR) is 109 cm³/mol. The van der Waals surface area contributed by atoms with Crippen LogP contribution in [0.3, 0.4) is 0 Å². The maximum Gasteiger partial charge on any atom is 0.238 e. The lowest BCUT2D eigenvalue weighted by molar-refractivity contribution is -0.116. The summed E-state index contributed by atoms with van der Waals surface area (Å²) in [5.41, 5.74) is 3.85. The van der Waals surface area contributed by atoms with Crippen molar-refractivity contribution in [1.82, 2.24) is 0 Å². The number of anilines is 2. The van der Waals surface area contributed by atoms with Crippen molar-refractivity contribution in [2.75, 3.05) is 16.0 Å². The van der Waals surface area contributed by atoms with E-state index >= 15 is 0 Å². The molecule has 1 saturated heterocycles. The van der Waals surface area contributed by atoms with Crippen LogP contribution in [0.4, 0.5) is 11.4 Å². The summed E-state index contributed by atoms with van der Waals surface area (Å²) in [4.78, 5) is 26.5. The lowest BCUT2D eigenvalue weighted by Crippen LogP contribution is -2.29. The van der Waals surface area contributed by atoms with Crippen molar-refractivity contribution in [1.29, 1.82) is 0 Å². The Morgan fingerprint density at radius 2 is 1.88 bits per heavy atom. The zero-order valence-corrected chi connectivity index (χ0v) is 16.2. The zero-order chi connectivity index (χ0) is 18.7. The number of benzene rings is 2. The summed E-state index contributed by atoms with van der Waals surface area (Å²) in [7, 11) is 0. The van der Waals surface area contributed by atoms with Gasteiger partial charge in [0.25, 0.3) is 0 Å². The van der Waals surface area contributed by atoms with Gasteiger partial charge in [-0.2, -0.15) is 0 Å². The lowest BCUT2D eigenvalue weighted by Gasteiger charge is -2.28. The van der Waals surface area contributed by atoms with Gasteiger partial charge >= 0.3 is 0 Å². The summed E-state index contributed by atoms with van der Waals surface area (Å²) >= 11 is 1.60. The Morgan fingerprint density at radius 1 is 1.19 bits per heavy atom. The van der Waals surface area contributed by atoms with Crippen molar-refractivity contribution < 1.29 is 9.59 Å². The van der Waals surface area contributed by atoms with Crippen LogP contribution in [-0.4, -0.2) is 17.6 Å². The third kappa shape index (κ3) is 3.63. The number of amides is 2. The molecule has 1 fully saturated rings. The van der Waals surface area contributed by atoms with Crippen LogP contribution >= 0.6 is 11.8 Å². The fourth-order valence-electron chi connectivity index (χ4n) is 3.17. The average molecular weight is 369 g/mol. The van der Waals surface area contributed by atoms with E-state index in [0.717, 1.165) is 22.5 Å². The molecule has 0 spiro atoms. The van der Waals surface area contributed by atoms with Crippen LogP contribution in [-0.2, 0) is 9.59 Å². The van der Waals surface area contributed by atoms with E-state index in [9.17, 15) is 9.59 Å². The summed E-state index contributed by atoms with van der Waals surface area (Å²) in [5, 5.41) is 2.83. The largest absolute Gasteiger partial charge is 0.326 e. The normalized spacial score (nSPS) is 17.0. The van der Waals surface area contributed by atoms with E-state index in [1.54, 1.807) is 11.8 Å². The molecule has 3 rings (SSSR count). The quantitative estimate of drug-likeness (QED) is 0.813. The first-order valence-corrected chi connectivity index (χ1v) is 9.99. The maximum atomic E-state index is 12.7. The van der Waals surface area contributed by atoms with E-state index in [0.29, 0.717) is 18.1 Å². The molecule has 0 aliphatic carbocycles. The van der Waals surface area contributed by atoms with Gasteiger partial charge in [0, 0.05) is 23.4 Å². The molecule has 1 aliphatic rings. The number of para-hydroxylation sites is 2. The van der Waals surface area contributed by atoms with E-state index in [2.05, 4.69) is 25.2 Å². The highest BCUT2D eigenvalue weighted by Crippen LogP contribution is 2.45. The van der Waals surface area contributed by atoms with Crippen LogP contribution in [0.25, 0.3) is 0 Å². The summed E-state index contributed by atoms with van der Waals surface area (Å²) in [6.07, 6.45) is 0.422. The van der Waals surface area contributed by atoms with Crippen molar-refractivity contribution in [3.05, 3.63) is 59.7 Å². The summed E-state index contributed by atoms with van der Waals surface area (Å²) in [6, 6.07) is 15.8. The van der Waals surface area contributed by atoms with Crippen LogP contribution in [0.15, 0.2) is 48.5 Å². The van der Waals surface area contributed by atoms with Crippen molar-refractivity contribution in [2.45, 2.75) is 38.5 Å². The molecular weight excluding hydrogens is 344 g/mol. The molecule has 1 aliphatic heterocycles. The second-order valence-electron chi connectivity index (χ2n) is 6.63. The van der Waals surface area contributed by atoms with Gasteiger partial charge < -0.3 is 5.32 Å². The molecule has 1 atom stereocenters. The molecule has 1 heterocycles. The number of nitrogens with one attached hydrogen (secondary N) is 1. The first-order chi connectivity index (χ1) is 12.5. The van der Waals surface area contributed by atoms with Gasteiger partial charge in [-0.05, 0) is 23.6 Å². The van der Waals surface area contributed by atoms with Gasteiger partial charge in [0.05, 0.1) is 5.75 Å². The van der Waals surface area contributed by atoms with Gasteiger partial charge in [-0.25, -0.2) is 0 Å². The lowest BCUT2D eigenvalue weighted by atomic mass is 10.00. The standard InChI is InChI=1S/C21H24N2O2S/c1-4-19(24)22-17-11-7-5-10-16(17)21-23(20(25)13-26-21)18-12-8-6-9-15(18)14(2)3/h5-12,14,21H,4,13H2,1-3H3,(H,22,24). The zero-order valence-electron chi connectivity index (χ0n) is 15.4. The Labute approximate surface area is 159 Å². The Morgan fingerprint density at radius 3 is 2.62 bits per heavy atom. The second kappa shape index (κ2) is 7.96. The van der Waals surface area contributed by atoms with E-state index in [-0.39, 0.29) is 17.2 Å².